The van der Waals surface area contributed by atoms with Gasteiger partial charge in [-0.3, -0.25) is 9.59 Å². The number of carbonyl (C=O) groups is 1. The molecule has 92 valence electrons. The third-order valence-corrected chi connectivity index (χ3v) is 2.97. The Labute approximate surface area is 99.6 Å². The summed E-state index contributed by atoms with van der Waals surface area (Å²) in [6.45, 7) is 3.36. The van der Waals surface area contributed by atoms with E-state index in [9.17, 15) is 9.59 Å². The van der Waals surface area contributed by atoms with Gasteiger partial charge < -0.3 is 15.6 Å². The van der Waals surface area contributed by atoms with Crippen molar-refractivity contribution in [1.29, 1.82) is 0 Å². The van der Waals surface area contributed by atoms with Crippen LogP contribution >= 0.6 is 0 Å². The molecule has 0 radical (unpaired) electrons. The van der Waals surface area contributed by atoms with Crippen molar-refractivity contribution in [3.63, 3.8) is 0 Å². The molecular weight excluding hydrogens is 218 g/mol. The molecule has 5 heteroatoms. The van der Waals surface area contributed by atoms with Crippen LogP contribution in [0.3, 0.4) is 0 Å². The van der Waals surface area contributed by atoms with Gasteiger partial charge in [-0.05, 0) is 38.4 Å². The molecule has 0 bridgehead atoms. The summed E-state index contributed by atoms with van der Waals surface area (Å²) in [6.07, 6.45) is 2.22. The van der Waals surface area contributed by atoms with Gasteiger partial charge in [0.1, 0.15) is 5.56 Å². The van der Waals surface area contributed by atoms with Crippen LogP contribution < -0.4 is 16.2 Å². The number of nitrogens with one attached hydrogen (secondary N) is 3. The molecule has 2 heterocycles. The number of hydrogen-bond acceptors (Lipinski definition) is 3. The molecular formula is C12H17N3O2. The molecule has 1 fully saturated rings. The molecule has 1 unspecified atom stereocenters. The summed E-state index contributed by atoms with van der Waals surface area (Å²) in [7, 11) is 0. The third-order valence-electron chi connectivity index (χ3n) is 2.97. The Hall–Kier alpha value is -1.62. The van der Waals surface area contributed by atoms with Crippen LogP contribution in [0, 0.1) is 6.92 Å². The van der Waals surface area contributed by atoms with Gasteiger partial charge in [-0.2, -0.15) is 0 Å². The highest BCUT2D eigenvalue weighted by Gasteiger charge is 2.16. The second-order valence-electron chi connectivity index (χ2n) is 4.39. The quantitative estimate of drug-likeness (QED) is 0.699. The highest BCUT2D eigenvalue weighted by atomic mass is 16.2. The number of carbonyl (C=O) groups excluding carboxylic acids is 1. The first-order valence-corrected chi connectivity index (χ1v) is 5.88. The van der Waals surface area contributed by atoms with E-state index in [1.807, 2.05) is 0 Å². The van der Waals surface area contributed by atoms with Crippen LogP contribution in [0.15, 0.2) is 16.9 Å². The SMILES string of the molecule is Cc1ccc(C(=O)NCC2CCCN2)c(=O)[nH]1. The Kier molecular flexibility index (Phi) is 3.58. The highest BCUT2D eigenvalue weighted by molar-refractivity contribution is 5.93. The van der Waals surface area contributed by atoms with E-state index in [0.29, 0.717) is 12.6 Å². The van der Waals surface area contributed by atoms with E-state index < -0.39 is 0 Å². The van der Waals surface area contributed by atoms with Crippen LogP contribution in [0.5, 0.6) is 0 Å². The van der Waals surface area contributed by atoms with Gasteiger partial charge in [-0.25, -0.2) is 0 Å². The number of aromatic amines is 1. The third kappa shape index (κ3) is 2.94. The van der Waals surface area contributed by atoms with Gasteiger partial charge in [0, 0.05) is 18.3 Å². The zero-order valence-electron chi connectivity index (χ0n) is 9.88. The van der Waals surface area contributed by atoms with Crippen LogP contribution in [-0.2, 0) is 0 Å². The predicted molar refractivity (Wildman–Crippen MR) is 65.2 cm³/mol. The average Bonchev–Trinajstić information content (AvgIpc) is 2.78. The Balaban J connectivity index is 1.97. The van der Waals surface area contributed by atoms with Crippen LogP contribution in [-0.4, -0.2) is 30.0 Å². The van der Waals surface area contributed by atoms with E-state index >= 15 is 0 Å². The fraction of sp³-hybridized carbons (Fsp3) is 0.500. The molecule has 17 heavy (non-hydrogen) atoms. The van der Waals surface area contributed by atoms with E-state index in [0.717, 1.165) is 25.1 Å². The lowest BCUT2D eigenvalue weighted by Gasteiger charge is -2.11. The lowest BCUT2D eigenvalue weighted by atomic mass is 10.2. The van der Waals surface area contributed by atoms with Crippen molar-refractivity contribution in [3.05, 3.63) is 33.7 Å². The first-order chi connectivity index (χ1) is 8.16. The Morgan fingerprint density at radius 1 is 1.53 bits per heavy atom. The van der Waals surface area contributed by atoms with Crippen LogP contribution in [0.25, 0.3) is 0 Å². The zero-order valence-corrected chi connectivity index (χ0v) is 9.88. The van der Waals surface area contributed by atoms with E-state index in [2.05, 4.69) is 15.6 Å². The Morgan fingerprint density at radius 2 is 2.35 bits per heavy atom. The molecule has 1 aromatic rings. The van der Waals surface area contributed by atoms with Crippen molar-refractivity contribution < 1.29 is 4.79 Å². The van der Waals surface area contributed by atoms with Gasteiger partial charge in [-0.1, -0.05) is 0 Å². The van der Waals surface area contributed by atoms with Crippen molar-refractivity contribution in [2.24, 2.45) is 0 Å². The van der Waals surface area contributed by atoms with Crippen molar-refractivity contribution in [1.82, 2.24) is 15.6 Å². The fourth-order valence-electron chi connectivity index (χ4n) is 1.99. The maximum atomic E-state index is 11.8. The monoisotopic (exact) mass is 235 g/mol. The molecule has 0 spiro atoms. The molecule has 1 aromatic heterocycles. The lowest BCUT2D eigenvalue weighted by molar-refractivity contribution is 0.0949. The molecule has 1 aliphatic rings. The summed E-state index contributed by atoms with van der Waals surface area (Å²) in [5.74, 6) is -0.306. The maximum absolute atomic E-state index is 11.8. The number of rotatable bonds is 3. The fourth-order valence-corrected chi connectivity index (χ4v) is 1.99. The largest absolute Gasteiger partial charge is 0.350 e. The summed E-state index contributed by atoms with van der Waals surface area (Å²) in [4.78, 5) is 25.9. The zero-order chi connectivity index (χ0) is 12.3. The van der Waals surface area contributed by atoms with Crippen LogP contribution in [0.1, 0.15) is 28.9 Å². The normalized spacial score (nSPS) is 19.2. The minimum atomic E-state index is -0.332. The van der Waals surface area contributed by atoms with Gasteiger partial charge in [0.2, 0.25) is 0 Å². The van der Waals surface area contributed by atoms with Crippen molar-refractivity contribution in [3.8, 4) is 0 Å². The standard InChI is InChI=1S/C12H17N3O2/c1-8-4-5-10(12(17)15-8)11(16)14-7-9-3-2-6-13-9/h4-5,9,13H,2-3,6-7H2,1H3,(H,14,16)(H,15,17). The van der Waals surface area contributed by atoms with Gasteiger partial charge in [0.05, 0.1) is 0 Å². The number of pyridine rings is 1. The first kappa shape index (κ1) is 11.9. The molecule has 5 nitrogen and oxygen atoms in total. The number of aryl methyl sites for hydroxylation is 1. The van der Waals surface area contributed by atoms with Crippen molar-refractivity contribution >= 4 is 5.91 Å². The first-order valence-electron chi connectivity index (χ1n) is 5.88. The lowest BCUT2D eigenvalue weighted by Crippen LogP contribution is -2.38. The second kappa shape index (κ2) is 5.14. The Bertz CT molecular complexity index is 461. The summed E-state index contributed by atoms with van der Waals surface area (Å²) in [5, 5.41) is 6.07. The van der Waals surface area contributed by atoms with E-state index in [4.69, 9.17) is 0 Å². The van der Waals surface area contributed by atoms with E-state index in [1.165, 1.54) is 0 Å². The summed E-state index contributed by atoms with van der Waals surface area (Å²) in [5.41, 5.74) is 0.597. The number of aromatic nitrogens is 1. The number of amides is 1. The minimum absolute atomic E-state index is 0.175. The molecule has 0 saturated carbocycles. The second-order valence-corrected chi connectivity index (χ2v) is 4.39. The minimum Gasteiger partial charge on any atom is -0.350 e. The molecule has 1 amide bonds. The van der Waals surface area contributed by atoms with Crippen molar-refractivity contribution in [2.45, 2.75) is 25.8 Å². The van der Waals surface area contributed by atoms with Gasteiger partial charge in [-0.15, -0.1) is 0 Å². The summed E-state index contributed by atoms with van der Waals surface area (Å²) in [6, 6.07) is 3.62. The molecule has 2 rings (SSSR count). The number of H-pyrrole nitrogens is 1. The van der Waals surface area contributed by atoms with Crippen LogP contribution in [0.2, 0.25) is 0 Å². The molecule has 1 saturated heterocycles. The molecule has 0 aliphatic carbocycles. The van der Waals surface area contributed by atoms with E-state index in [1.54, 1.807) is 19.1 Å². The summed E-state index contributed by atoms with van der Waals surface area (Å²) >= 11 is 0. The maximum Gasteiger partial charge on any atom is 0.260 e. The molecule has 1 aliphatic heterocycles. The smallest absolute Gasteiger partial charge is 0.260 e. The van der Waals surface area contributed by atoms with Gasteiger partial charge >= 0.3 is 0 Å². The molecule has 0 aromatic carbocycles. The highest BCUT2D eigenvalue weighted by Crippen LogP contribution is 2.03. The molecule has 3 N–H and O–H groups in total. The van der Waals surface area contributed by atoms with Gasteiger partial charge in [0.15, 0.2) is 0 Å². The predicted octanol–water partition coefficient (Wildman–Crippen LogP) is 0.165. The Morgan fingerprint density at radius 3 is 3.00 bits per heavy atom. The van der Waals surface area contributed by atoms with Gasteiger partial charge in [0.25, 0.3) is 11.5 Å². The number of hydrogen-bond donors (Lipinski definition) is 3. The summed E-state index contributed by atoms with van der Waals surface area (Å²) < 4.78 is 0. The van der Waals surface area contributed by atoms with Crippen LogP contribution in [0.4, 0.5) is 0 Å². The van der Waals surface area contributed by atoms with Crippen molar-refractivity contribution in [2.75, 3.05) is 13.1 Å². The topological polar surface area (TPSA) is 74.0 Å². The molecule has 1 atom stereocenters. The average molecular weight is 235 g/mol. The van der Waals surface area contributed by atoms with E-state index in [-0.39, 0.29) is 17.0 Å².